The Labute approximate surface area is 183 Å². The SMILES string of the molecule is c1ccc(-c2nc3c(ccc4ccccc43)[nH]2)c(-c2nc3c(ccc4ccccc43)[nH]2)c1. The van der Waals surface area contributed by atoms with Gasteiger partial charge < -0.3 is 9.97 Å². The molecule has 0 bridgehead atoms. The van der Waals surface area contributed by atoms with Gasteiger partial charge in [0.1, 0.15) is 11.6 Å². The Hall–Kier alpha value is -4.44. The summed E-state index contributed by atoms with van der Waals surface area (Å²) in [5, 5.41) is 4.69. The molecule has 150 valence electrons. The Morgan fingerprint density at radius 2 is 0.875 bits per heavy atom. The van der Waals surface area contributed by atoms with Crippen LogP contribution in [0.2, 0.25) is 0 Å². The van der Waals surface area contributed by atoms with Gasteiger partial charge in [0.25, 0.3) is 0 Å². The second-order valence-corrected chi connectivity index (χ2v) is 8.08. The molecular weight excluding hydrogens is 392 g/mol. The highest BCUT2D eigenvalue weighted by molar-refractivity contribution is 6.06. The van der Waals surface area contributed by atoms with E-state index < -0.39 is 0 Å². The number of aromatic amines is 2. The summed E-state index contributed by atoms with van der Waals surface area (Å²) >= 11 is 0. The first-order chi connectivity index (χ1) is 15.8. The number of H-pyrrole nitrogens is 2. The Bertz CT molecular complexity index is 1660. The molecule has 0 spiro atoms. The number of rotatable bonds is 2. The number of nitrogens with one attached hydrogen (secondary N) is 2. The van der Waals surface area contributed by atoms with Crippen molar-refractivity contribution in [3.8, 4) is 22.8 Å². The lowest BCUT2D eigenvalue weighted by atomic mass is 10.1. The van der Waals surface area contributed by atoms with Crippen LogP contribution in [0.4, 0.5) is 0 Å². The summed E-state index contributed by atoms with van der Waals surface area (Å²) in [7, 11) is 0. The van der Waals surface area contributed by atoms with Crippen LogP contribution in [0.25, 0.3) is 66.4 Å². The summed E-state index contributed by atoms with van der Waals surface area (Å²) in [5.41, 5.74) is 6.09. The van der Waals surface area contributed by atoms with Crippen LogP contribution in [0.1, 0.15) is 0 Å². The van der Waals surface area contributed by atoms with Crippen molar-refractivity contribution in [3.63, 3.8) is 0 Å². The minimum atomic E-state index is 0.845. The van der Waals surface area contributed by atoms with Gasteiger partial charge in [0, 0.05) is 21.9 Å². The van der Waals surface area contributed by atoms with E-state index >= 15 is 0 Å². The van der Waals surface area contributed by atoms with Crippen molar-refractivity contribution in [1.29, 1.82) is 0 Å². The van der Waals surface area contributed by atoms with E-state index in [1.807, 2.05) is 12.1 Å². The van der Waals surface area contributed by atoms with Crippen molar-refractivity contribution in [2.45, 2.75) is 0 Å². The molecule has 2 heterocycles. The molecule has 2 aromatic heterocycles. The predicted octanol–water partition coefficient (Wildman–Crippen LogP) is 7.08. The number of nitrogens with zero attached hydrogens (tertiary/aromatic N) is 2. The van der Waals surface area contributed by atoms with Crippen LogP contribution < -0.4 is 0 Å². The smallest absolute Gasteiger partial charge is 0.139 e. The zero-order valence-electron chi connectivity index (χ0n) is 17.1. The van der Waals surface area contributed by atoms with Crippen molar-refractivity contribution < 1.29 is 0 Å². The fourth-order valence-electron chi connectivity index (χ4n) is 4.64. The van der Waals surface area contributed by atoms with Crippen LogP contribution in [0.3, 0.4) is 0 Å². The summed E-state index contributed by atoms with van der Waals surface area (Å²) in [4.78, 5) is 17.1. The zero-order valence-corrected chi connectivity index (χ0v) is 17.1. The van der Waals surface area contributed by atoms with E-state index in [1.165, 1.54) is 10.8 Å². The van der Waals surface area contributed by atoms with Crippen molar-refractivity contribution in [2.24, 2.45) is 0 Å². The molecule has 0 saturated heterocycles. The van der Waals surface area contributed by atoms with E-state index in [4.69, 9.17) is 9.97 Å². The van der Waals surface area contributed by atoms with E-state index in [0.29, 0.717) is 0 Å². The van der Waals surface area contributed by atoms with Gasteiger partial charge in [0.05, 0.1) is 22.1 Å². The van der Waals surface area contributed by atoms with Gasteiger partial charge in [-0.1, -0.05) is 84.9 Å². The maximum absolute atomic E-state index is 5.00. The molecule has 0 aliphatic heterocycles. The standard InChI is InChI=1S/C28H18N4/c1-3-9-19-17(7-1)13-15-23-25(19)31-27(29-23)21-11-5-6-12-22(21)28-30-24-16-14-18-8-2-4-10-20(18)26(24)32-28/h1-16H,(H,29,31)(H,30,32). The highest BCUT2D eigenvalue weighted by Gasteiger charge is 2.16. The number of fused-ring (bicyclic) bond motifs is 6. The highest BCUT2D eigenvalue weighted by Crippen LogP contribution is 2.34. The quantitative estimate of drug-likeness (QED) is 0.320. The van der Waals surface area contributed by atoms with Gasteiger partial charge in [0.2, 0.25) is 0 Å². The molecule has 0 radical (unpaired) electrons. The van der Waals surface area contributed by atoms with Crippen molar-refractivity contribution in [2.75, 3.05) is 0 Å². The molecule has 4 heteroatoms. The summed E-state index contributed by atoms with van der Waals surface area (Å²) in [5.74, 6) is 1.69. The molecule has 2 N–H and O–H groups in total. The number of hydrogen-bond acceptors (Lipinski definition) is 2. The van der Waals surface area contributed by atoms with Crippen LogP contribution in [0, 0.1) is 0 Å². The largest absolute Gasteiger partial charge is 0.338 e. The second kappa shape index (κ2) is 6.53. The van der Waals surface area contributed by atoms with Gasteiger partial charge in [-0.05, 0) is 22.9 Å². The van der Waals surface area contributed by atoms with E-state index in [-0.39, 0.29) is 0 Å². The summed E-state index contributed by atoms with van der Waals surface area (Å²) in [6.45, 7) is 0. The fraction of sp³-hybridized carbons (Fsp3) is 0. The topological polar surface area (TPSA) is 57.4 Å². The lowest BCUT2D eigenvalue weighted by Crippen LogP contribution is -1.88. The van der Waals surface area contributed by atoms with Crippen LogP contribution in [-0.2, 0) is 0 Å². The summed E-state index contributed by atoms with van der Waals surface area (Å²) < 4.78 is 0. The lowest BCUT2D eigenvalue weighted by molar-refractivity contribution is 1.30. The zero-order chi connectivity index (χ0) is 21.1. The monoisotopic (exact) mass is 410 g/mol. The van der Waals surface area contributed by atoms with Crippen LogP contribution in [0.5, 0.6) is 0 Å². The van der Waals surface area contributed by atoms with E-state index in [0.717, 1.165) is 55.6 Å². The van der Waals surface area contributed by atoms with E-state index in [9.17, 15) is 0 Å². The van der Waals surface area contributed by atoms with Gasteiger partial charge in [-0.15, -0.1) is 0 Å². The van der Waals surface area contributed by atoms with Gasteiger partial charge in [-0.2, -0.15) is 0 Å². The molecule has 0 aliphatic rings. The molecule has 5 aromatic carbocycles. The number of imidazole rings is 2. The molecule has 0 amide bonds. The Kier molecular flexibility index (Phi) is 3.52. The predicted molar refractivity (Wildman–Crippen MR) is 132 cm³/mol. The molecule has 7 rings (SSSR count). The lowest BCUT2D eigenvalue weighted by Gasteiger charge is -2.04. The fourth-order valence-corrected chi connectivity index (χ4v) is 4.64. The van der Waals surface area contributed by atoms with Crippen LogP contribution in [-0.4, -0.2) is 19.9 Å². The van der Waals surface area contributed by atoms with Crippen molar-refractivity contribution >= 4 is 43.6 Å². The Morgan fingerprint density at radius 1 is 0.438 bits per heavy atom. The minimum absolute atomic E-state index is 0.845. The normalized spacial score (nSPS) is 11.8. The third-order valence-corrected chi connectivity index (χ3v) is 6.19. The molecule has 0 fully saturated rings. The van der Waals surface area contributed by atoms with E-state index in [1.54, 1.807) is 0 Å². The number of benzene rings is 5. The second-order valence-electron chi connectivity index (χ2n) is 8.08. The first kappa shape index (κ1) is 17.3. The molecular formula is C28H18N4. The van der Waals surface area contributed by atoms with Gasteiger partial charge in [-0.25, -0.2) is 9.97 Å². The first-order valence-electron chi connectivity index (χ1n) is 10.7. The molecule has 0 aliphatic carbocycles. The molecule has 0 unspecified atom stereocenters. The molecule has 7 aromatic rings. The van der Waals surface area contributed by atoms with Gasteiger partial charge >= 0.3 is 0 Å². The minimum Gasteiger partial charge on any atom is -0.338 e. The van der Waals surface area contributed by atoms with Crippen molar-refractivity contribution in [3.05, 3.63) is 97.1 Å². The van der Waals surface area contributed by atoms with Gasteiger partial charge in [0.15, 0.2) is 0 Å². The summed E-state index contributed by atoms with van der Waals surface area (Å²) in [6.07, 6.45) is 0. The van der Waals surface area contributed by atoms with Crippen LogP contribution >= 0.6 is 0 Å². The van der Waals surface area contributed by atoms with E-state index in [2.05, 4.69) is 94.9 Å². The molecule has 0 atom stereocenters. The number of aromatic nitrogens is 4. The average molecular weight is 410 g/mol. The maximum Gasteiger partial charge on any atom is 0.139 e. The number of hydrogen-bond donors (Lipinski definition) is 2. The third kappa shape index (κ3) is 2.50. The Balaban J connectivity index is 1.45. The first-order valence-corrected chi connectivity index (χ1v) is 10.7. The average Bonchev–Trinajstić information content (AvgIpc) is 3.49. The highest BCUT2D eigenvalue weighted by atomic mass is 14.9. The molecule has 4 nitrogen and oxygen atoms in total. The Morgan fingerprint density at radius 3 is 1.38 bits per heavy atom. The molecule has 32 heavy (non-hydrogen) atoms. The maximum atomic E-state index is 5.00. The van der Waals surface area contributed by atoms with Crippen molar-refractivity contribution in [1.82, 2.24) is 19.9 Å². The van der Waals surface area contributed by atoms with Gasteiger partial charge in [-0.3, -0.25) is 0 Å². The summed E-state index contributed by atoms with van der Waals surface area (Å²) in [6, 6.07) is 33.5. The third-order valence-electron chi connectivity index (χ3n) is 6.19. The van der Waals surface area contributed by atoms with Crippen LogP contribution in [0.15, 0.2) is 97.1 Å². The molecule has 0 saturated carbocycles.